The largest absolute Gasteiger partial charge is 0.370 e. The summed E-state index contributed by atoms with van der Waals surface area (Å²) in [6.45, 7) is 14.2. The SMILES string of the molecule is CC[C@H](C)[C@@H]1NC(=O)[C@H](CCCN)NC(=O)[C@H](Cc2cnc[nH]2)NC(=O)[C@@H]2CSCN2C(=O)[C@@H](Cc2ccccc2)NC(=O)[C@H](CC(C)C)NC(=O)[C@H](CCCN)NC(=O)[C@H](C(C)C)NC(=O)[C@H]([C@@H](C)CC)NC(=O)[C@@H](CCC(N)=O)NC1=O. The second kappa shape index (κ2) is 34.6. The number of nitrogens with two attached hydrogens (primary N) is 3. The van der Waals surface area contributed by atoms with E-state index in [1.807, 2.05) is 13.8 Å². The molecule has 0 spiro atoms. The van der Waals surface area contributed by atoms with Crippen LogP contribution in [0.3, 0.4) is 0 Å². The summed E-state index contributed by atoms with van der Waals surface area (Å²) in [6, 6.07) is -4.18. The van der Waals surface area contributed by atoms with E-state index in [0.717, 1.165) is 0 Å². The molecular formula is C57H91N15O11S. The van der Waals surface area contributed by atoms with Crippen molar-refractivity contribution in [3.05, 3.63) is 54.1 Å². The Morgan fingerprint density at radius 3 is 1.56 bits per heavy atom. The Balaban J connectivity index is 1.88. The molecule has 466 valence electrons. The summed E-state index contributed by atoms with van der Waals surface area (Å²) < 4.78 is 0. The van der Waals surface area contributed by atoms with Crippen LogP contribution in [0.25, 0.3) is 0 Å². The fourth-order valence-electron chi connectivity index (χ4n) is 9.69. The first-order chi connectivity index (χ1) is 39.9. The van der Waals surface area contributed by atoms with Gasteiger partial charge in [-0.1, -0.05) is 98.6 Å². The number of H-pyrrole nitrogens is 1. The van der Waals surface area contributed by atoms with Gasteiger partial charge in [0.1, 0.15) is 60.4 Å². The minimum absolute atomic E-state index is 0.0116. The van der Waals surface area contributed by atoms with Crippen LogP contribution >= 0.6 is 11.8 Å². The Kier molecular flexibility index (Phi) is 28.6. The number of aromatic nitrogens is 2. The van der Waals surface area contributed by atoms with Crippen LogP contribution in [0.5, 0.6) is 0 Å². The number of amides is 11. The smallest absolute Gasteiger partial charge is 0.246 e. The standard InChI is InChI=1S/C57H91N15O11S/c1-9-33(7)46-55(81)65-39(20-21-44(60)73)50(76)71-47(34(8)10-2)56(82)69-45(32(5)6)54(80)64-37(18-14-22-58)48(74)66-40(24-31(3)4)51(77)68-42(25-35-16-12-11-13-17-35)57(83)72-30-84-28-43(72)53(79)67-41(26-36-27-61-29-62-36)52(78)63-38(19-15-23-59)49(75)70-46/h11-13,16-17,27,29,31-34,37-43,45-47H,9-10,14-15,18-26,28,30,58-59H2,1-8H3,(H2,60,73)(H,61,62)(H,63,78)(H,64,80)(H,65,81)(H,66,74)(H,67,79)(H,68,77)(H,69,82)(H,70,75)(H,71,76)/t33-,34-,37-,38-,39+,40-,41-,42+,43-,45-,46-,47-/m0/s1. The zero-order chi connectivity index (χ0) is 62.2. The van der Waals surface area contributed by atoms with Crippen molar-refractivity contribution in [2.24, 2.45) is 40.9 Å². The summed E-state index contributed by atoms with van der Waals surface area (Å²) >= 11 is 1.28. The summed E-state index contributed by atoms with van der Waals surface area (Å²) in [5, 5.41) is 24.9. The molecule has 26 nitrogen and oxygen atoms in total. The van der Waals surface area contributed by atoms with Crippen LogP contribution in [0.2, 0.25) is 0 Å². The lowest BCUT2D eigenvalue weighted by atomic mass is 9.95. The predicted octanol–water partition coefficient (Wildman–Crippen LogP) is -0.989. The number of hydrogen-bond donors (Lipinski definition) is 13. The van der Waals surface area contributed by atoms with Gasteiger partial charge >= 0.3 is 0 Å². The van der Waals surface area contributed by atoms with Crippen molar-refractivity contribution >= 4 is 76.7 Å². The van der Waals surface area contributed by atoms with Gasteiger partial charge in [-0.05, 0) is 80.8 Å². The molecule has 27 heteroatoms. The average molecular weight is 1190 g/mol. The first-order valence-corrected chi connectivity index (χ1v) is 30.4. The minimum atomic E-state index is -1.49. The number of carbonyl (C=O) groups is 11. The Morgan fingerprint density at radius 1 is 0.583 bits per heavy atom. The number of nitrogens with zero attached hydrogens (tertiary/aromatic N) is 2. The molecule has 0 radical (unpaired) electrons. The molecule has 3 heterocycles. The molecule has 0 unspecified atom stereocenters. The fourth-order valence-corrected chi connectivity index (χ4v) is 10.9. The topological polar surface area (TPSA) is 406 Å². The van der Waals surface area contributed by atoms with E-state index >= 15 is 0 Å². The highest BCUT2D eigenvalue weighted by Crippen LogP contribution is 2.24. The number of nitrogens with one attached hydrogen (secondary N) is 10. The molecule has 11 amide bonds. The van der Waals surface area contributed by atoms with E-state index in [1.165, 1.54) is 29.2 Å². The molecule has 1 aromatic heterocycles. The number of benzene rings is 1. The number of carbonyl (C=O) groups excluding carboxylic acids is 11. The van der Waals surface area contributed by atoms with Crippen molar-refractivity contribution < 1.29 is 52.7 Å². The van der Waals surface area contributed by atoms with Gasteiger partial charge in [-0.25, -0.2) is 4.98 Å². The maximum atomic E-state index is 15.0. The van der Waals surface area contributed by atoms with Gasteiger partial charge in [-0.2, -0.15) is 0 Å². The fraction of sp³-hybridized carbons (Fsp3) is 0.649. The summed E-state index contributed by atoms with van der Waals surface area (Å²) in [6.07, 6.45) is 3.28. The number of imidazole rings is 1. The van der Waals surface area contributed by atoms with E-state index in [9.17, 15) is 52.7 Å². The maximum Gasteiger partial charge on any atom is 0.246 e. The maximum absolute atomic E-state index is 15.0. The lowest BCUT2D eigenvalue weighted by Crippen LogP contribution is -2.63. The molecule has 0 saturated carbocycles. The normalized spacial score (nSPS) is 26.1. The van der Waals surface area contributed by atoms with Gasteiger partial charge in [-0.15, -0.1) is 11.8 Å². The third kappa shape index (κ3) is 21.2. The molecule has 2 aliphatic rings. The van der Waals surface area contributed by atoms with Crippen molar-refractivity contribution in [1.29, 1.82) is 0 Å². The quantitative estimate of drug-likeness (QED) is 0.0757. The lowest BCUT2D eigenvalue weighted by Gasteiger charge is -2.32. The van der Waals surface area contributed by atoms with E-state index in [-0.39, 0.29) is 88.4 Å². The van der Waals surface area contributed by atoms with Gasteiger partial charge in [-0.3, -0.25) is 52.7 Å². The van der Waals surface area contributed by atoms with Crippen molar-refractivity contribution in [2.45, 2.75) is 186 Å². The highest BCUT2D eigenvalue weighted by atomic mass is 32.2. The van der Waals surface area contributed by atoms with Crippen molar-refractivity contribution in [2.75, 3.05) is 24.7 Å². The van der Waals surface area contributed by atoms with Gasteiger partial charge in [0.15, 0.2) is 0 Å². The Hall–Kier alpha value is -7.13. The number of hydrogen-bond acceptors (Lipinski definition) is 15. The highest BCUT2D eigenvalue weighted by Gasteiger charge is 2.42. The molecule has 4 rings (SSSR count). The Morgan fingerprint density at radius 2 is 1.05 bits per heavy atom. The average Bonchev–Trinajstić information content (AvgIpc) is 4.08. The molecule has 2 saturated heterocycles. The molecule has 2 aromatic rings. The zero-order valence-corrected chi connectivity index (χ0v) is 50.6. The van der Waals surface area contributed by atoms with E-state index < -0.39 is 143 Å². The first kappa shape index (κ1) is 69.4. The van der Waals surface area contributed by atoms with Gasteiger partial charge < -0.3 is 74.9 Å². The highest BCUT2D eigenvalue weighted by molar-refractivity contribution is 7.99. The molecule has 84 heavy (non-hydrogen) atoms. The zero-order valence-electron chi connectivity index (χ0n) is 49.8. The second-order valence-corrected chi connectivity index (χ2v) is 23.6. The van der Waals surface area contributed by atoms with Gasteiger partial charge in [0.25, 0.3) is 0 Å². The first-order valence-electron chi connectivity index (χ1n) is 29.2. The van der Waals surface area contributed by atoms with Crippen LogP contribution in [0.1, 0.15) is 124 Å². The van der Waals surface area contributed by atoms with E-state index in [0.29, 0.717) is 24.1 Å². The van der Waals surface area contributed by atoms with Crippen LogP contribution in [0.4, 0.5) is 0 Å². The predicted molar refractivity (Wildman–Crippen MR) is 316 cm³/mol. The molecule has 1 aromatic carbocycles. The van der Waals surface area contributed by atoms with E-state index in [1.54, 1.807) is 71.9 Å². The minimum Gasteiger partial charge on any atom is -0.370 e. The summed E-state index contributed by atoms with van der Waals surface area (Å²) in [5.41, 5.74) is 18.5. The molecule has 2 fully saturated rings. The monoisotopic (exact) mass is 1190 g/mol. The van der Waals surface area contributed by atoms with Crippen molar-refractivity contribution in [3.63, 3.8) is 0 Å². The van der Waals surface area contributed by atoms with E-state index in [2.05, 4.69) is 57.8 Å². The second-order valence-electron chi connectivity index (χ2n) is 22.6. The Bertz CT molecular complexity index is 2540. The third-order valence-corrected chi connectivity index (χ3v) is 16.1. The molecule has 12 atom stereocenters. The number of aromatic amines is 1. The number of primary amides is 1. The van der Waals surface area contributed by atoms with Crippen LogP contribution in [-0.2, 0) is 65.6 Å². The number of fused-ring (bicyclic) bond motifs is 1. The molecule has 16 N–H and O–H groups in total. The Labute approximate surface area is 496 Å². The van der Waals surface area contributed by atoms with Gasteiger partial charge in [0.2, 0.25) is 65.0 Å². The molecule has 2 aliphatic heterocycles. The third-order valence-electron chi connectivity index (χ3n) is 15.1. The lowest BCUT2D eigenvalue weighted by molar-refractivity contribution is -0.142. The number of thioether (sulfide) groups is 1. The van der Waals surface area contributed by atoms with Crippen LogP contribution < -0.4 is 65.1 Å². The van der Waals surface area contributed by atoms with Crippen LogP contribution in [-0.4, -0.2) is 165 Å². The van der Waals surface area contributed by atoms with Crippen molar-refractivity contribution in [1.82, 2.24) is 62.7 Å². The molecule has 0 aliphatic carbocycles. The van der Waals surface area contributed by atoms with Crippen molar-refractivity contribution in [3.8, 4) is 0 Å². The summed E-state index contributed by atoms with van der Waals surface area (Å²) in [5.74, 6) is -10.2. The van der Waals surface area contributed by atoms with E-state index in [4.69, 9.17) is 17.2 Å². The number of rotatable bonds is 20. The molecule has 0 bridgehead atoms. The summed E-state index contributed by atoms with van der Waals surface area (Å²) in [7, 11) is 0. The summed E-state index contributed by atoms with van der Waals surface area (Å²) in [4.78, 5) is 166. The van der Waals surface area contributed by atoms with Gasteiger partial charge in [0, 0.05) is 36.9 Å². The van der Waals surface area contributed by atoms with Crippen LogP contribution in [0, 0.1) is 23.7 Å². The molecular weight excluding hydrogens is 1100 g/mol. The van der Waals surface area contributed by atoms with Crippen LogP contribution in [0.15, 0.2) is 42.9 Å². The van der Waals surface area contributed by atoms with Gasteiger partial charge in [0.05, 0.1) is 12.2 Å².